The SMILES string of the molecule is C=Cc1n[se]nc1C. The summed E-state index contributed by atoms with van der Waals surface area (Å²) in [6.45, 7) is 5.55. The molecule has 0 aliphatic heterocycles. The van der Waals surface area contributed by atoms with E-state index in [1.54, 1.807) is 6.08 Å². The van der Waals surface area contributed by atoms with Crippen LogP contribution in [0, 0.1) is 6.92 Å². The summed E-state index contributed by atoms with van der Waals surface area (Å²) in [6, 6.07) is 0. The molecule has 0 radical (unpaired) electrons. The molecule has 1 rings (SSSR count). The number of rotatable bonds is 1. The van der Waals surface area contributed by atoms with E-state index in [0.29, 0.717) is 0 Å². The van der Waals surface area contributed by atoms with E-state index in [9.17, 15) is 0 Å². The predicted octanol–water partition coefficient (Wildman–Crippen LogP) is 0.485. The zero-order chi connectivity index (χ0) is 5.98. The first-order valence-corrected chi connectivity index (χ1v) is 3.79. The van der Waals surface area contributed by atoms with E-state index in [2.05, 4.69) is 14.5 Å². The number of hydrogen-bond acceptors (Lipinski definition) is 2. The summed E-state index contributed by atoms with van der Waals surface area (Å²) in [5.41, 5.74) is 1.99. The van der Waals surface area contributed by atoms with Gasteiger partial charge < -0.3 is 0 Å². The summed E-state index contributed by atoms with van der Waals surface area (Å²) in [4.78, 5) is 0. The van der Waals surface area contributed by atoms with Crippen molar-refractivity contribution < 1.29 is 0 Å². The molecule has 0 atom stereocenters. The summed E-state index contributed by atoms with van der Waals surface area (Å²) in [6.07, 6.45) is 1.74. The van der Waals surface area contributed by atoms with Gasteiger partial charge >= 0.3 is 53.9 Å². The molecule has 0 aliphatic carbocycles. The summed E-state index contributed by atoms with van der Waals surface area (Å²) < 4.78 is 8.19. The van der Waals surface area contributed by atoms with Gasteiger partial charge in [0.25, 0.3) is 0 Å². The molecule has 0 N–H and O–H groups in total. The van der Waals surface area contributed by atoms with Crippen LogP contribution in [0.4, 0.5) is 0 Å². The Kier molecular flexibility index (Phi) is 1.61. The van der Waals surface area contributed by atoms with Crippen LogP contribution in [0.5, 0.6) is 0 Å². The molecule has 0 unspecified atom stereocenters. The molecule has 0 amide bonds. The molecule has 0 bridgehead atoms. The Morgan fingerprint density at radius 2 is 2.38 bits per heavy atom. The fourth-order valence-electron chi connectivity index (χ4n) is 0.423. The molecule has 0 saturated carbocycles. The van der Waals surface area contributed by atoms with Crippen molar-refractivity contribution in [2.45, 2.75) is 6.92 Å². The third-order valence-corrected chi connectivity index (χ3v) is 2.21. The van der Waals surface area contributed by atoms with Crippen molar-refractivity contribution in [3.05, 3.63) is 18.0 Å². The molecule has 0 aliphatic rings. The molecule has 1 aromatic heterocycles. The number of hydrogen-bond donors (Lipinski definition) is 0. The first-order valence-electron chi connectivity index (χ1n) is 2.26. The molecule has 0 aromatic carbocycles. The predicted molar refractivity (Wildman–Crippen MR) is 33.8 cm³/mol. The van der Waals surface area contributed by atoms with Crippen LogP contribution in [-0.2, 0) is 0 Å². The third-order valence-electron chi connectivity index (χ3n) is 0.881. The van der Waals surface area contributed by atoms with E-state index in [0.717, 1.165) is 11.4 Å². The van der Waals surface area contributed by atoms with Gasteiger partial charge in [-0.3, -0.25) is 0 Å². The summed E-state index contributed by atoms with van der Waals surface area (Å²) in [5.74, 6) is 0. The molecular weight excluding hydrogens is 167 g/mol. The summed E-state index contributed by atoms with van der Waals surface area (Å²) in [7, 11) is 0. The van der Waals surface area contributed by atoms with Gasteiger partial charge in [-0.25, -0.2) is 0 Å². The van der Waals surface area contributed by atoms with Crippen LogP contribution in [0.3, 0.4) is 0 Å². The number of aryl methyl sites for hydroxylation is 1. The van der Waals surface area contributed by atoms with Crippen molar-refractivity contribution in [2.75, 3.05) is 0 Å². The van der Waals surface area contributed by atoms with E-state index >= 15 is 0 Å². The molecule has 42 valence electrons. The van der Waals surface area contributed by atoms with Crippen LogP contribution in [0.1, 0.15) is 11.4 Å². The van der Waals surface area contributed by atoms with Crippen LogP contribution in [0.25, 0.3) is 6.08 Å². The van der Waals surface area contributed by atoms with Gasteiger partial charge in [0.2, 0.25) is 0 Å². The second-order valence-corrected chi connectivity index (χ2v) is 2.55. The fraction of sp³-hybridized carbons (Fsp3) is 0.200. The second-order valence-electron chi connectivity index (χ2n) is 1.44. The maximum absolute atomic E-state index is 4.09. The molecule has 0 saturated heterocycles. The normalized spacial score (nSPS) is 9.12. The second kappa shape index (κ2) is 2.25. The van der Waals surface area contributed by atoms with E-state index in [1.807, 2.05) is 6.92 Å². The molecule has 1 aromatic rings. The third kappa shape index (κ3) is 0.880. The Labute approximate surface area is 54.5 Å². The van der Waals surface area contributed by atoms with Crippen molar-refractivity contribution in [1.82, 2.24) is 7.96 Å². The van der Waals surface area contributed by atoms with Crippen LogP contribution in [0.2, 0.25) is 0 Å². The molecule has 1 heterocycles. The number of aromatic nitrogens is 2. The van der Waals surface area contributed by atoms with Crippen LogP contribution >= 0.6 is 0 Å². The summed E-state index contributed by atoms with van der Waals surface area (Å²) >= 11 is 0.119. The van der Waals surface area contributed by atoms with Gasteiger partial charge in [0.1, 0.15) is 0 Å². The van der Waals surface area contributed by atoms with Gasteiger partial charge in [-0.15, -0.1) is 0 Å². The van der Waals surface area contributed by atoms with Crippen molar-refractivity contribution in [1.29, 1.82) is 0 Å². The zero-order valence-corrected chi connectivity index (χ0v) is 6.30. The Hall–Kier alpha value is -0.401. The van der Waals surface area contributed by atoms with Gasteiger partial charge in [-0.05, 0) is 0 Å². The minimum atomic E-state index is 0.119. The van der Waals surface area contributed by atoms with E-state index in [-0.39, 0.29) is 15.0 Å². The minimum absolute atomic E-state index is 0.119. The Balaban J connectivity index is 3.09. The first kappa shape index (κ1) is 5.73. The van der Waals surface area contributed by atoms with Crippen LogP contribution < -0.4 is 0 Å². The molecule has 3 heteroatoms. The quantitative estimate of drug-likeness (QED) is 0.577. The van der Waals surface area contributed by atoms with Crippen LogP contribution in [-0.4, -0.2) is 22.9 Å². The van der Waals surface area contributed by atoms with Gasteiger partial charge in [0.05, 0.1) is 0 Å². The molecule has 0 spiro atoms. The van der Waals surface area contributed by atoms with Crippen molar-refractivity contribution in [2.24, 2.45) is 0 Å². The van der Waals surface area contributed by atoms with Gasteiger partial charge in [0.15, 0.2) is 0 Å². The standard InChI is InChI=1S/C5H6N2Se/c1-3-5-4(2)6-8-7-5/h3H,1H2,2H3. The van der Waals surface area contributed by atoms with Gasteiger partial charge in [0, 0.05) is 0 Å². The van der Waals surface area contributed by atoms with Crippen LogP contribution in [0.15, 0.2) is 6.58 Å². The molecule has 2 nitrogen and oxygen atoms in total. The average molecular weight is 173 g/mol. The topological polar surface area (TPSA) is 25.8 Å². The van der Waals surface area contributed by atoms with E-state index < -0.39 is 0 Å². The Bertz CT molecular complexity index is 192. The number of nitrogens with zero attached hydrogens (tertiary/aromatic N) is 2. The van der Waals surface area contributed by atoms with Crippen molar-refractivity contribution in [3.8, 4) is 0 Å². The summed E-state index contributed by atoms with van der Waals surface area (Å²) in [5, 5.41) is 0. The fourth-order valence-corrected chi connectivity index (χ4v) is 1.58. The Morgan fingerprint density at radius 3 is 2.62 bits per heavy atom. The maximum atomic E-state index is 4.09. The van der Waals surface area contributed by atoms with Gasteiger partial charge in [-0.1, -0.05) is 0 Å². The molecule has 0 fully saturated rings. The molecule has 8 heavy (non-hydrogen) atoms. The zero-order valence-electron chi connectivity index (χ0n) is 4.59. The van der Waals surface area contributed by atoms with Crippen molar-refractivity contribution >= 4 is 21.0 Å². The first-order chi connectivity index (χ1) is 3.84. The average Bonchev–Trinajstić information content (AvgIpc) is 2.14. The van der Waals surface area contributed by atoms with E-state index in [4.69, 9.17) is 0 Å². The van der Waals surface area contributed by atoms with Gasteiger partial charge in [-0.2, -0.15) is 0 Å². The monoisotopic (exact) mass is 174 g/mol. The Morgan fingerprint density at radius 1 is 1.62 bits per heavy atom. The van der Waals surface area contributed by atoms with E-state index in [1.165, 1.54) is 0 Å². The van der Waals surface area contributed by atoms with Crippen molar-refractivity contribution in [3.63, 3.8) is 0 Å². The molecular formula is C5H6N2Se.